The molecule has 1 unspecified atom stereocenters. The van der Waals surface area contributed by atoms with E-state index in [1.165, 1.54) is 6.26 Å². The van der Waals surface area contributed by atoms with E-state index in [2.05, 4.69) is 0 Å². The maximum atomic E-state index is 10.8. The quantitative estimate of drug-likeness (QED) is 0.651. The second-order valence-electron chi connectivity index (χ2n) is 3.56. The predicted octanol–water partition coefficient (Wildman–Crippen LogP) is -0.300. The molecule has 0 saturated heterocycles. The van der Waals surface area contributed by atoms with E-state index < -0.39 is 9.84 Å². The average Bonchev–Trinajstić information content (AvgIpc) is 1.99. The molecule has 0 fully saturated rings. The molecule has 0 amide bonds. The maximum Gasteiger partial charge on any atom is 0.148 e. The molecule has 0 bridgehead atoms. The lowest BCUT2D eigenvalue weighted by atomic mass is 10.2. The van der Waals surface area contributed by atoms with E-state index in [0.717, 1.165) is 13.0 Å². The van der Waals surface area contributed by atoms with Gasteiger partial charge in [-0.1, -0.05) is 6.92 Å². The zero-order chi connectivity index (χ0) is 10.5. The molecule has 4 nitrogen and oxygen atoms in total. The number of hydrogen-bond acceptors (Lipinski definition) is 4. The van der Waals surface area contributed by atoms with Crippen LogP contribution in [0, 0.1) is 0 Å². The molecule has 0 saturated carbocycles. The maximum absolute atomic E-state index is 10.8. The Morgan fingerprint density at radius 3 is 2.38 bits per heavy atom. The third-order valence-corrected chi connectivity index (χ3v) is 2.84. The number of nitrogens with two attached hydrogens (primary N) is 1. The van der Waals surface area contributed by atoms with Crippen LogP contribution in [0.2, 0.25) is 0 Å². The van der Waals surface area contributed by atoms with Gasteiger partial charge in [0, 0.05) is 25.4 Å². The number of rotatable bonds is 6. The summed E-state index contributed by atoms with van der Waals surface area (Å²) in [6.45, 7) is 3.34. The molecule has 0 spiro atoms. The Bertz CT molecular complexity index is 226. The molecule has 0 rings (SSSR count). The average molecular weight is 208 g/mol. The van der Waals surface area contributed by atoms with Gasteiger partial charge in [0.05, 0.1) is 5.75 Å². The smallest absolute Gasteiger partial charge is 0.148 e. The zero-order valence-corrected chi connectivity index (χ0v) is 9.47. The molecule has 80 valence electrons. The van der Waals surface area contributed by atoms with E-state index >= 15 is 0 Å². The van der Waals surface area contributed by atoms with Crippen LogP contribution in [0.3, 0.4) is 0 Å². The summed E-state index contributed by atoms with van der Waals surface area (Å²) >= 11 is 0. The normalized spacial score (nSPS) is 14.8. The first-order valence-electron chi connectivity index (χ1n) is 4.47. The lowest BCUT2D eigenvalue weighted by Crippen LogP contribution is -2.36. The van der Waals surface area contributed by atoms with Crippen LogP contribution in [-0.2, 0) is 9.84 Å². The third kappa shape index (κ3) is 8.21. The molecular formula is C8H20N2O2S. The molecule has 13 heavy (non-hydrogen) atoms. The molecule has 0 aromatic carbocycles. The van der Waals surface area contributed by atoms with Crippen molar-refractivity contribution in [1.82, 2.24) is 4.90 Å². The fraction of sp³-hybridized carbons (Fsp3) is 1.00. The van der Waals surface area contributed by atoms with Gasteiger partial charge in [-0.05, 0) is 13.5 Å². The van der Waals surface area contributed by atoms with Crippen LogP contribution >= 0.6 is 0 Å². The summed E-state index contributed by atoms with van der Waals surface area (Å²) in [7, 11) is -0.955. The Morgan fingerprint density at radius 2 is 2.00 bits per heavy atom. The van der Waals surface area contributed by atoms with Crippen molar-refractivity contribution in [2.45, 2.75) is 19.4 Å². The number of nitrogens with zero attached hydrogens (tertiary/aromatic N) is 1. The van der Waals surface area contributed by atoms with Crippen molar-refractivity contribution in [2.75, 3.05) is 32.1 Å². The fourth-order valence-corrected chi connectivity index (χ4v) is 1.59. The summed E-state index contributed by atoms with van der Waals surface area (Å²) in [5.74, 6) is 0.208. The summed E-state index contributed by atoms with van der Waals surface area (Å²) in [4.78, 5) is 1.95. The molecular weight excluding hydrogens is 188 g/mol. The Hall–Kier alpha value is -0.130. The van der Waals surface area contributed by atoms with Crippen LogP contribution < -0.4 is 5.73 Å². The van der Waals surface area contributed by atoms with E-state index in [9.17, 15) is 8.42 Å². The minimum Gasteiger partial charge on any atom is -0.327 e. The van der Waals surface area contributed by atoms with Gasteiger partial charge in [-0.15, -0.1) is 0 Å². The molecule has 0 radical (unpaired) electrons. The Labute approximate surface area is 81.0 Å². The van der Waals surface area contributed by atoms with Gasteiger partial charge in [0.2, 0.25) is 0 Å². The first-order chi connectivity index (χ1) is 5.85. The van der Waals surface area contributed by atoms with Crippen molar-refractivity contribution in [2.24, 2.45) is 5.73 Å². The van der Waals surface area contributed by atoms with Crippen LogP contribution in [-0.4, -0.2) is 51.5 Å². The molecule has 0 aromatic rings. The van der Waals surface area contributed by atoms with Gasteiger partial charge >= 0.3 is 0 Å². The van der Waals surface area contributed by atoms with Gasteiger partial charge in [0.1, 0.15) is 9.84 Å². The molecule has 1 atom stereocenters. The SMILES string of the molecule is CCC(N)CN(C)CCS(C)(=O)=O. The fourth-order valence-electron chi connectivity index (χ4n) is 0.942. The number of likely N-dealkylation sites (N-methyl/N-ethyl adjacent to an activating group) is 1. The molecule has 2 N–H and O–H groups in total. The van der Waals surface area contributed by atoms with Crippen molar-refractivity contribution in [1.29, 1.82) is 0 Å². The lowest BCUT2D eigenvalue weighted by Gasteiger charge is -2.19. The van der Waals surface area contributed by atoms with E-state index in [1.54, 1.807) is 0 Å². The Morgan fingerprint density at radius 1 is 1.46 bits per heavy atom. The Kier molecular flexibility index (Phi) is 5.51. The summed E-state index contributed by atoms with van der Waals surface area (Å²) in [5.41, 5.74) is 5.72. The first kappa shape index (κ1) is 12.9. The highest BCUT2D eigenvalue weighted by atomic mass is 32.2. The highest BCUT2D eigenvalue weighted by Crippen LogP contribution is 1.92. The molecule has 0 heterocycles. The largest absolute Gasteiger partial charge is 0.327 e. The van der Waals surface area contributed by atoms with Crippen LogP contribution in [0.5, 0.6) is 0 Å². The van der Waals surface area contributed by atoms with E-state index in [-0.39, 0.29) is 11.8 Å². The van der Waals surface area contributed by atoms with Crippen molar-refractivity contribution < 1.29 is 8.42 Å². The predicted molar refractivity (Wildman–Crippen MR) is 55.5 cm³/mol. The van der Waals surface area contributed by atoms with Gasteiger partial charge in [-0.25, -0.2) is 8.42 Å². The van der Waals surface area contributed by atoms with Crippen LogP contribution in [0.15, 0.2) is 0 Å². The summed E-state index contributed by atoms with van der Waals surface area (Å²) < 4.78 is 21.7. The second-order valence-corrected chi connectivity index (χ2v) is 5.82. The van der Waals surface area contributed by atoms with Crippen LogP contribution in [0.25, 0.3) is 0 Å². The van der Waals surface area contributed by atoms with Gasteiger partial charge in [0.15, 0.2) is 0 Å². The van der Waals surface area contributed by atoms with Crippen LogP contribution in [0.4, 0.5) is 0 Å². The van der Waals surface area contributed by atoms with Crippen molar-refractivity contribution >= 4 is 9.84 Å². The van der Waals surface area contributed by atoms with E-state index in [1.807, 2.05) is 18.9 Å². The summed E-state index contributed by atoms with van der Waals surface area (Å²) in [6.07, 6.45) is 2.17. The minimum atomic E-state index is -2.84. The third-order valence-electron chi connectivity index (χ3n) is 1.91. The van der Waals surface area contributed by atoms with Gasteiger partial charge in [-0.3, -0.25) is 0 Å². The van der Waals surface area contributed by atoms with Gasteiger partial charge < -0.3 is 10.6 Å². The molecule has 5 heteroatoms. The number of hydrogen-bond donors (Lipinski definition) is 1. The topological polar surface area (TPSA) is 63.4 Å². The van der Waals surface area contributed by atoms with E-state index in [4.69, 9.17) is 5.73 Å². The second kappa shape index (κ2) is 5.57. The zero-order valence-electron chi connectivity index (χ0n) is 8.66. The van der Waals surface area contributed by atoms with E-state index in [0.29, 0.717) is 6.54 Å². The first-order valence-corrected chi connectivity index (χ1v) is 6.53. The minimum absolute atomic E-state index is 0.143. The highest BCUT2D eigenvalue weighted by Gasteiger charge is 2.07. The standard InChI is InChI=1S/C8H20N2O2S/c1-4-8(9)7-10(2)5-6-13(3,11)12/h8H,4-7,9H2,1-3H3. The molecule has 0 aliphatic rings. The summed E-state index contributed by atoms with van der Waals surface area (Å²) in [6, 6.07) is 0.143. The Balaban J connectivity index is 3.69. The number of sulfone groups is 1. The van der Waals surface area contributed by atoms with Gasteiger partial charge in [-0.2, -0.15) is 0 Å². The van der Waals surface area contributed by atoms with Crippen molar-refractivity contribution in [3.05, 3.63) is 0 Å². The monoisotopic (exact) mass is 208 g/mol. The highest BCUT2D eigenvalue weighted by molar-refractivity contribution is 7.90. The van der Waals surface area contributed by atoms with Crippen LogP contribution in [0.1, 0.15) is 13.3 Å². The summed E-state index contributed by atoms with van der Waals surface area (Å²) in [5, 5.41) is 0. The molecule has 0 aliphatic carbocycles. The van der Waals surface area contributed by atoms with Crippen molar-refractivity contribution in [3.8, 4) is 0 Å². The molecule has 0 aromatic heterocycles. The lowest BCUT2D eigenvalue weighted by molar-refractivity contribution is 0.323. The molecule has 0 aliphatic heterocycles. The van der Waals surface area contributed by atoms with Crippen molar-refractivity contribution in [3.63, 3.8) is 0 Å². The van der Waals surface area contributed by atoms with Gasteiger partial charge in [0.25, 0.3) is 0 Å².